The quantitative estimate of drug-likeness (QED) is 0.712. The lowest BCUT2D eigenvalue weighted by molar-refractivity contribution is 0.0784. The molecule has 2 aromatic rings. The molecule has 0 aliphatic carbocycles. The van der Waals surface area contributed by atoms with Gasteiger partial charge in [-0.25, -0.2) is 12.8 Å². The van der Waals surface area contributed by atoms with E-state index in [4.69, 9.17) is 0 Å². The Kier molecular flexibility index (Phi) is 6.34. The molecule has 0 unspecified atom stereocenters. The number of sulfonamides is 1. The summed E-state index contributed by atoms with van der Waals surface area (Å²) >= 11 is 0. The highest BCUT2D eigenvalue weighted by Gasteiger charge is 2.30. The summed E-state index contributed by atoms with van der Waals surface area (Å²) in [5.41, 5.74) is 2.37. The molecule has 3 rings (SSSR count). The molecular formula is C23H29FN2O3S. The van der Waals surface area contributed by atoms with E-state index in [-0.39, 0.29) is 16.9 Å². The second kappa shape index (κ2) is 8.47. The van der Waals surface area contributed by atoms with Crippen molar-refractivity contribution in [2.75, 3.05) is 20.1 Å². The van der Waals surface area contributed by atoms with Crippen LogP contribution in [0.5, 0.6) is 0 Å². The predicted octanol–water partition coefficient (Wildman–Crippen LogP) is 4.18. The number of nitrogens with zero attached hydrogens (tertiary/aromatic N) is 2. The topological polar surface area (TPSA) is 57.7 Å². The molecular weight excluding hydrogens is 403 g/mol. The van der Waals surface area contributed by atoms with Crippen molar-refractivity contribution in [3.8, 4) is 0 Å². The van der Waals surface area contributed by atoms with Gasteiger partial charge in [-0.2, -0.15) is 4.31 Å². The molecule has 1 aliphatic rings. The smallest absolute Gasteiger partial charge is 0.253 e. The summed E-state index contributed by atoms with van der Waals surface area (Å²) in [5, 5.41) is 0. The standard InChI is InChI=1S/C23H29FN2O3S/c1-23(2,3)19-10-7-17(8-11-19)16-25(4)22(27)18-9-12-20(24)21(15-18)30(28,29)26-13-5-6-14-26/h7-12,15H,5-6,13-14,16H2,1-4H3. The second-order valence-electron chi connectivity index (χ2n) is 8.86. The molecule has 1 amide bonds. The van der Waals surface area contributed by atoms with Crippen LogP contribution in [0, 0.1) is 5.82 Å². The maximum atomic E-state index is 14.3. The number of rotatable bonds is 5. The summed E-state index contributed by atoms with van der Waals surface area (Å²) in [4.78, 5) is 14.0. The highest BCUT2D eigenvalue weighted by molar-refractivity contribution is 7.89. The fourth-order valence-corrected chi connectivity index (χ4v) is 5.19. The first-order chi connectivity index (χ1) is 14.0. The van der Waals surface area contributed by atoms with Gasteiger partial charge >= 0.3 is 0 Å². The van der Waals surface area contributed by atoms with Gasteiger partial charge in [0.25, 0.3) is 5.91 Å². The van der Waals surface area contributed by atoms with Crippen LogP contribution in [0.25, 0.3) is 0 Å². The largest absolute Gasteiger partial charge is 0.337 e. The maximum Gasteiger partial charge on any atom is 0.253 e. The summed E-state index contributed by atoms with van der Waals surface area (Å²) in [5.74, 6) is -1.19. The molecule has 5 nitrogen and oxygen atoms in total. The summed E-state index contributed by atoms with van der Waals surface area (Å²) in [7, 11) is -2.29. The first kappa shape index (κ1) is 22.4. The monoisotopic (exact) mass is 432 g/mol. The molecule has 2 aromatic carbocycles. The first-order valence-corrected chi connectivity index (χ1v) is 11.6. The third-order valence-electron chi connectivity index (χ3n) is 5.45. The molecule has 0 N–H and O–H groups in total. The Balaban J connectivity index is 1.79. The zero-order valence-corrected chi connectivity index (χ0v) is 18.8. The van der Waals surface area contributed by atoms with E-state index in [1.54, 1.807) is 7.05 Å². The Morgan fingerprint density at radius 3 is 2.23 bits per heavy atom. The Labute approximate surface area is 178 Å². The Hall–Kier alpha value is -2.25. The summed E-state index contributed by atoms with van der Waals surface area (Å²) in [6.07, 6.45) is 1.52. The zero-order chi connectivity index (χ0) is 22.1. The molecule has 1 heterocycles. The van der Waals surface area contributed by atoms with E-state index in [0.717, 1.165) is 30.5 Å². The molecule has 1 saturated heterocycles. The lowest BCUT2D eigenvalue weighted by Gasteiger charge is -2.21. The van der Waals surface area contributed by atoms with Gasteiger partial charge < -0.3 is 4.90 Å². The number of amides is 1. The van der Waals surface area contributed by atoms with E-state index in [1.807, 2.05) is 24.3 Å². The van der Waals surface area contributed by atoms with Crippen molar-refractivity contribution in [1.29, 1.82) is 0 Å². The molecule has 0 bridgehead atoms. The average molecular weight is 433 g/mol. The molecule has 0 atom stereocenters. The molecule has 0 aromatic heterocycles. The van der Waals surface area contributed by atoms with Gasteiger partial charge in [-0.3, -0.25) is 4.79 Å². The number of halogens is 1. The van der Waals surface area contributed by atoms with Gasteiger partial charge in [0.2, 0.25) is 10.0 Å². The van der Waals surface area contributed by atoms with Crippen LogP contribution in [0.1, 0.15) is 55.1 Å². The van der Waals surface area contributed by atoms with E-state index >= 15 is 0 Å². The van der Waals surface area contributed by atoms with Crippen LogP contribution in [-0.2, 0) is 22.0 Å². The average Bonchev–Trinajstić information content (AvgIpc) is 3.23. The number of hydrogen-bond donors (Lipinski definition) is 0. The van der Waals surface area contributed by atoms with E-state index in [1.165, 1.54) is 20.8 Å². The maximum absolute atomic E-state index is 14.3. The molecule has 0 radical (unpaired) electrons. The van der Waals surface area contributed by atoms with Gasteiger partial charge in [-0.15, -0.1) is 0 Å². The first-order valence-electron chi connectivity index (χ1n) is 10.1. The third kappa shape index (κ3) is 4.73. The number of benzene rings is 2. The van der Waals surface area contributed by atoms with E-state index in [0.29, 0.717) is 19.6 Å². The van der Waals surface area contributed by atoms with Gasteiger partial charge in [0.1, 0.15) is 10.7 Å². The van der Waals surface area contributed by atoms with Crippen molar-refractivity contribution >= 4 is 15.9 Å². The Morgan fingerprint density at radius 1 is 1.07 bits per heavy atom. The van der Waals surface area contributed by atoms with Crippen molar-refractivity contribution < 1.29 is 17.6 Å². The summed E-state index contributed by atoms with van der Waals surface area (Å²) < 4.78 is 41.1. The fourth-order valence-electron chi connectivity index (χ4n) is 3.58. The third-order valence-corrected chi connectivity index (χ3v) is 7.36. The Bertz CT molecular complexity index is 1020. The number of carbonyl (C=O) groups excluding carboxylic acids is 1. The van der Waals surface area contributed by atoms with Gasteiger partial charge in [0.05, 0.1) is 0 Å². The van der Waals surface area contributed by atoms with Crippen molar-refractivity contribution in [2.24, 2.45) is 0 Å². The molecule has 1 aliphatic heterocycles. The fraction of sp³-hybridized carbons (Fsp3) is 0.435. The Morgan fingerprint density at radius 2 is 1.67 bits per heavy atom. The van der Waals surface area contributed by atoms with Crippen LogP contribution < -0.4 is 0 Å². The molecule has 0 spiro atoms. The van der Waals surface area contributed by atoms with Crippen LogP contribution in [-0.4, -0.2) is 43.7 Å². The van der Waals surface area contributed by atoms with Gasteiger partial charge in [-0.05, 0) is 47.6 Å². The predicted molar refractivity (Wildman–Crippen MR) is 115 cm³/mol. The molecule has 0 saturated carbocycles. The second-order valence-corrected chi connectivity index (χ2v) is 10.8. The number of carbonyl (C=O) groups is 1. The van der Waals surface area contributed by atoms with Gasteiger partial charge in [0, 0.05) is 32.2 Å². The van der Waals surface area contributed by atoms with E-state index in [2.05, 4.69) is 20.8 Å². The van der Waals surface area contributed by atoms with Crippen LogP contribution in [0.3, 0.4) is 0 Å². The number of hydrogen-bond acceptors (Lipinski definition) is 3. The minimum Gasteiger partial charge on any atom is -0.337 e. The SMILES string of the molecule is CN(Cc1ccc(C(C)(C)C)cc1)C(=O)c1ccc(F)c(S(=O)(=O)N2CCCC2)c1. The van der Waals surface area contributed by atoms with Crippen molar-refractivity contribution in [2.45, 2.75) is 50.5 Å². The lowest BCUT2D eigenvalue weighted by atomic mass is 9.87. The van der Waals surface area contributed by atoms with Gasteiger partial charge in [-0.1, -0.05) is 45.0 Å². The van der Waals surface area contributed by atoms with E-state index in [9.17, 15) is 17.6 Å². The van der Waals surface area contributed by atoms with Crippen LogP contribution >= 0.6 is 0 Å². The molecule has 7 heteroatoms. The molecule has 162 valence electrons. The highest BCUT2D eigenvalue weighted by atomic mass is 32.2. The zero-order valence-electron chi connectivity index (χ0n) is 18.0. The highest BCUT2D eigenvalue weighted by Crippen LogP contribution is 2.25. The van der Waals surface area contributed by atoms with Gasteiger partial charge in [0.15, 0.2) is 0 Å². The normalized spacial score (nSPS) is 15.4. The minimum atomic E-state index is -3.94. The lowest BCUT2D eigenvalue weighted by Crippen LogP contribution is -2.30. The van der Waals surface area contributed by atoms with Crippen molar-refractivity contribution in [1.82, 2.24) is 9.21 Å². The van der Waals surface area contributed by atoms with Crippen molar-refractivity contribution in [3.63, 3.8) is 0 Å². The van der Waals surface area contributed by atoms with Crippen LogP contribution in [0.4, 0.5) is 4.39 Å². The molecule has 30 heavy (non-hydrogen) atoms. The minimum absolute atomic E-state index is 0.0472. The summed E-state index contributed by atoms with van der Waals surface area (Å²) in [6.45, 7) is 7.55. The molecule has 1 fully saturated rings. The van der Waals surface area contributed by atoms with E-state index < -0.39 is 20.7 Å². The van der Waals surface area contributed by atoms with Crippen molar-refractivity contribution in [3.05, 3.63) is 65.0 Å². The summed E-state index contributed by atoms with van der Waals surface area (Å²) in [6, 6.07) is 11.6. The van der Waals surface area contributed by atoms with Crippen LogP contribution in [0.2, 0.25) is 0 Å². The van der Waals surface area contributed by atoms with Crippen LogP contribution in [0.15, 0.2) is 47.4 Å².